The minimum absolute atomic E-state index is 0.142. The number of ether oxygens (including phenoxy) is 1. The lowest BCUT2D eigenvalue weighted by atomic mass is 9.75. The molecule has 2 aromatic rings. The van der Waals surface area contributed by atoms with Crippen LogP contribution in [0.4, 0.5) is 5.69 Å². The van der Waals surface area contributed by atoms with E-state index in [0.29, 0.717) is 34.0 Å². The molecule has 1 saturated carbocycles. The fraction of sp³-hybridized carbons (Fsp3) is 0.444. The molecule has 1 fully saturated rings. The van der Waals surface area contributed by atoms with E-state index in [1.54, 1.807) is 6.07 Å². The lowest BCUT2D eigenvalue weighted by Gasteiger charge is -2.34. The van der Waals surface area contributed by atoms with Crippen molar-refractivity contribution in [3.8, 4) is 6.07 Å². The molecule has 0 amide bonds. The van der Waals surface area contributed by atoms with Crippen molar-refractivity contribution in [3.05, 3.63) is 63.7 Å². The van der Waals surface area contributed by atoms with Gasteiger partial charge in [-0.3, -0.25) is 5.01 Å². The number of benzene rings is 2. The van der Waals surface area contributed by atoms with E-state index in [9.17, 15) is 10.1 Å². The topological polar surface area (TPSA) is 65.7 Å². The molecular weight excluding hydrogens is 434 g/mol. The van der Waals surface area contributed by atoms with Crippen LogP contribution in [0.15, 0.2) is 41.5 Å². The van der Waals surface area contributed by atoms with Crippen molar-refractivity contribution in [3.63, 3.8) is 0 Å². The van der Waals surface area contributed by atoms with E-state index in [-0.39, 0.29) is 12.1 Å². The zero-order chi connectivity index (χ0) is 23.1. The molecule has 0 spiro atoms. The average Bonchev–Trinajstić information content (AvgIpc) is 3.45. The number of aryl methyl sites for hydroxylation is 1. The highest BCUT2D eigenvalue weighted by molar-refractivity contribution is 6.32. The fourth-order valence-corrected chi connectivity index (χ4v) is 5.93. The maximum atomic E-state index is 12.4. The van der Waals surface area contributed by atoms with Crippen molar-refractivity contribution in [1.82, 2.24) is 0 Å². The first-order valence-electron chi connectivity index (χ1n) is 11.9. The largest absolute Gasteiger partial charge is 0.459 e. The van der Waals surface area contributed by atoms with Gasteiger partial charge in [0.1, 0.15) is 6.07 Å². The molecule has 6 heteroatoms. The van der Waals surface area contributed by atoms with E-state index in [4.69, 9.17) is 21.4 Å². The number of esters is 1. The summed E-state index contributed by atoms with van der Waals surface area (Å²) in [5.41, 5.74) is 5.43. The summed E-state index contributed by atoms with van der Waals surface area (Å²) in [5.74, 6) is 0.664. The number of carbonyl (C=O) groups excluding carboxylic acids is 1. The average molecular weight is 462 g/mol. The normalized spacial score (nSPS) is 22.0. The van der Waals surface area contributed by atoms with Crippen LogP contribution in [0.2, 0.25) is 5.02 Å². The van der Waals surface area contributed by atoms with Crippen molar-refractivity contribution >= 4 is 29.0 Å². The van der Waals surface area contributed by atoms with Crippen LogP contribution in [0.3, 0.4) is 0 Å². The molecular formula is C27H28ClN3O2. The van der Waals surface area contributed by atoms with E-state index in [1.165, 1.54) is 25.7 Å². The molecule has 170 valence electrons. The van der Waals surface area contributed by atoms with Gasteiger partial charge in [-0.25, -0.2) is 4.79 Å². The number of nitrogens with zero attached hydrogens (tertiary/aromatic N) is 3. The van der Waals surface area contributed by atoms with Crippen LogP contribution in [0.1, 0.15) is 73.0 Å². The van der Waals surface area contributed by atoms with Gasteiger partial charge in [0.2, 0.25) is 0 Å². The third-order valence-electron chi connectivity index (χ3n) is 7.17. The fourth-order valence-electron chi connectivity index (χ4n) is 5.71. The van der Waals surface area contributed by atoms with Gasteiger partial charge in [-0.15, -0.1) is 0 Å². The standard InChI is InChI=1S/C27H28ClN3O2/c1-16(2)33-27(32)19-9-11-22-18(13-19)8-12-23-25(22)30-31(26(23)17-5-3-4-6-17)21-10-7-20(15-29)24(28)14-21/h7,9-11,13-14,16-17,23,26H,3-6,8,12H2,1-2H3/t23-,26-/m0/s1. The Kier molecular flexibility index (Phi) is 5.88. The summed E-state index contributed by atoms with van der Waals surface area (Å²) in [4.78, 5) is 12.4. The number of fused-ring (bicyclic) bond motifs is 3. The van der Waals surface area contributed by atoms with Crippen LogP contribution in [-0.4, -0.2) is 23.8 Å². The summed E-state index contributed by atoms with van der Waals surface area (Å²) in [6.07, 6.45) is 6.77. The van der Waals surface area contributed by atoms with Crippen molar-refractivity contribution in [2.24, 2.45) is 16.9 Å². The second-order valence-electron chi connectivity index (χ2n) is 9.61. The van der Waals surface area contributed by atoms with E-state index >= 15 is 0 Å². The van der Waals surface area contributed by atoms with Gasteiger partial charge in [0.25, 0.3) is 0 Å². The van der Waals surface area contributed by atoms with Crippen LogP contribution in [0, 0.1) is 23.2 Å². The van der Waals surface area contributed by atoms with Crippen molar-refractivity contribution in [2.45, 2.75) is 64.5 Å². The van der Waals surface area contributed by atoms with Gasteiger partial charge >= 0.3 is 5.97 Å². The van der Waals surface area contributed by atoms with Gasteiger partial charge in [0, 0.05) is 11.5 Å². The molecule has 1 aliphatic heterocycles. The molecule has 0 saturated heterocycles. The molecule has 2 atom stereocenters. The molecule has 0 radical (unpaired) electrons. The number of anilines is 1. The van der Waals surface area contributed by atoms with Gasteiger partial charge in [-0.05, 0) is 81.3 Å². The maximum Gasteiger partial charge on any atom is 0.338 e. The molecule has 5 rings (SSSR count). The second kappa shape index (κ2) is 8.83. The van der Waals surface area contributed by atoms with Gasteiger partial charge in [0.05, 0.1) is 39.7 Å². The highest BCUT2D eigenvalue weighted by atomic mass is 35.5. The Morgan fingerprint density at radius 3 is 2.67 bits per heavy atom. The van der Waals surface area contributed by atoms with Crippen LogP contribution in [0.25, 0.3) is 0 Å². The lowest BCUT2D eigenvalue weighted by Crippen LogP contribution is -2.40. The number of hydrazone groups is 1. The summed E-state index contributed by atoms with van der Waals surface area (Å²) in [6.45, 7) is 3.72. The molecule has 2 aliphatic carbocycles. The highest BCUT2D eigenvalue weighted by Crippen LogP contribution is 2.45. The Morgan fingerprint density at radius 2 is 1.97 bits per heavy atom. The highest BCUT2D eigenvalue weighted by Gasteiger charge is 2.45. The molecule has 0 N–H and O–H groups in total. The first kappa shape index (κ1) is 22.0. The Balaban J connectivity index is 1.53. The number of carbonyl (C=O) groups is 1. The number of rotatable bonds is 4. The Hall–Kier alpha value is -2.84. The predicted octanol–water partition coefficient (Wildman–Crippen LogP) is 6.12. The monoisotopic (exact) mass is 461 g/mol. The molecule has 33 heavy (non-hydrogen) atoms. The molecule has 0 aromatic heterocycles. The maximum absolute atomic E-state index is 12.4. The van der Waals surface area contributed by atoms with Gasteiger partial charge < -0.3 is 4.74 Å². The first-order valence-corrected chi connectivity index (χ1v) is 12.3. The Labute approximate surface area is 200 Å². The number of halogens is 1. The molecule has 0 bridgehead atoms. The third-order valence-corrected chi connectivity index (χ3v) is 7.48. The quantitative estimate of drug-likeness (QED) is 0.514. The molecule has 5 nitrogen and oxygen atoms in total. The molecule has 1 heterocycles. The zero-order valence-electron chi connectivity index (χ0n) is 19.1. The minimum atomic E-state index is -0.277. The Bertz CT molecular complexity index is 1160. The lowest BCUT2D eigenvalue weighted by molar-refractivity contribution is 0.0377. The predicted molar refractivity (Wildman–Crippen MR) is 130 cm³/mol. The molecule has 3 aliphatic rings. The van der Waals surface area contributed by atoms with Gasteiger partial charge in [-0.1, -0.05) is 30.5 Å². The molecule has 0 unspecified atom stereocenters. The van der Waals surface area contributed by atoms with Crippen LogP contribution < -0.4 is 5.01 Å². The number of nitriles is 1. The summed E-state index contributed by atoms with van der Waals surface area (Å²) >= 11 is 6.39. The third kappa shape index (κ3) is 4.02. The SMILES string of the molecule is CC(C)OC(=O)c1ccc2c(c1)CC[C@H]1C2=NN(c2ccc(C#N)c(Cl)c2)[C@H]1C1CCCC1. The summed E-state index contributed by atoms with van der Waals surface area (Å²) < 4.78 is 5.39. The summed E-state index contributed by atoms with van der Waals surface area (Å²) in [7, 11) is 0. The van der Waals surface area contributed by atoms with Crippen molar-refractivity contribution < 1.29 is 9.53 Å². The van der Waals surface area contributed by atoms with Gasteiger partial charge in [0.15, 0.2) is 0 Å². The Morgan fingerprint density at radius 1 is 1.18 bits per heavy atom. The zero-order valence-corrected chi connectivity index (χ0v) is 19.8. The van der Waals surface area contributed by atoms with Crippen molar-refractivity contribution in [2.75, 3.05) is 5.01 Å². The second-order valence-corrected chi connectivity index (χ2v) is 10.0. The number of hydrogen-bond donors (Lipinski definition) is 0. The van der Waals surface area contributed by atoms with Crippen LogP contribution in [-0.2, 0) is 11.2 Å². The molecule has 2 aromatic carbocycles. The summed E-state index contributed by atoms with van der Waals surface area (Å²) in [5, 5.41) is 17.1. The summed E-state index contributed by atoms with van der Waals surface area (Å²) in [6, 6.07) is 13.9. The van der Waals surface area contributed by atoms with E-state index < -0.39 is 0 Å². The van der Waals surface area contributed by atoms with Crippen molar-refractivity contribution in [1.29, 1.82) is 5.26 Å². The van der Waals surface area contributed by atoms with E-state index in [2.05, 4.69) is 11.1 Å². The van der Waals surface area contributed by atoms with E-state index in [0.717, 1.165) is 35.4 Å². The van der Waals surface area contributed by atoms with Crippen LogP contribution >= 0.6 is 11.6 Å². The smallest absolute Gasteiger partial charge is 0.338 e. The van der Waals surface area contributed by atoms with Crippen LogP contribution in [0.5, 0.6) is 0 Å². The van der Waals surface area contributed by atoms with Gasteiger partial charge in [-0.2, -0.15) is 10.4 Å². The number of hydrogen-bond acceptors (Lipinski definition) is 5. The minimum Gasteiger partial charge on any atom is -0.459 e. The van der Waals surface area contributed by atoms with E-state index in [1.807, 2.05) is 44.2 Å². The first-order chi connectivity index (χ1) is 16.0.